The number of hydrogen-bond donors (Lipinski definition) is 0. The molecule has 1 aromatic heterocycles. The minimum absolute atomic E-state index is 0.889. The van der Waals surface area contributed by atoms with Crippen molar-refractivity contribution in [2.24, 2.45) is 0 Å². The second kappa shape index (κ2) is 14.1. The van der Waals surface area contributed by atoms with E-state index in [0.717, 1.165) is 55.5 Å². The number of hydrogen-bond acceptors (Lipinski definition) is 2. The van der Waals surface area contributed by atoms with Crippen LogP contribution in [-0.4, -0.2) is 0 Å². The third kappa shape index (κ3) is 5.91. The Morgan fingerprint density at radius 2 is 0.879 bits per heavy atom. The maximum atomic E-state index is 6.52. The highest BCUT2D eigenvalue weighted by Gasteiger charge is 2.19. The van der Waals surface area contributed by atoms with Crippen molar-refractivity contribution < 1.29 is 4.42 Å². The van der Waals surface area contributed by atoms with Crippen molar-refractivity contribution in [3.63, 3.8) is 0 Å². The first kappa shape index (κ1) is 33.6. The van der Waals surface area contributed by atoms with Gasteiger partial charge in [-0.3, -0.25) is 0 Å². The fourth-order valence-corrected chi connectivity index (χ4v) is 8.61. The van der Waals surface area contributed by atoms with E-state index < -0.39 is 0 Å². The molecule has 272 valence electrons. The van der Waals surface area contributed by atoms with Crippen LogP contribution in [0.3, 0.4) is 0 Å². The van der Waals surface area contributed by atoms with E-state index in [1.165, 1.54) is 49.5 Å². The van der Waals surface area contributed by atoms with Crippen LogP contribution in [0.15, 0.2) is 229 Å². The Labute approximate surface area is 337 Å². The van der Waals surface area contributed by atoms with Crippen LogP contribution in [0.25, 0.3) is 88.0 Å². The van der Waals surface area contributed by atoms with Gasteiger partial charge in [-0.25, -0.2) is 0 Å². The molecule has 0 amide bonds. The Morgan fingerprint density at radius 3 is 1.74 bits per heavy atom. The van der Waals surface area contributed by atoms with Crippen LogP contribution in [0.2, 0.25) is 0 Å². The Balaban J connectivity index is 1.04. The first-order valence-electron chi connectivity index (χ1n) is 19.8. The van der Waals surface area contributed by atoms with Gasteiger partial charge in [-0.05, 0) is 110 Å². The molecular weight excluding hydrogens is 703 g/mol. The average Bonchev–Trinajstić information content (AvgIpc) is 3.68. The van der Waals surface area contributed by atoms with Crippen LogP contribution in [0.5, 0.6) is 0 Å². The first-order valence-corrected chi connectivity index (χ1v) is 19.8. The summed E-state index contributed by atoms with van der Waals surface area (Å²) in [5, 5.41) is 7.06. The fraction of sp³-hybridized carbons (Fsp3) is 0. The second-order valence-electron chi connectivity index (χ2n) is 14.9. The molecule has 0 bridgehead atoms. The summed E-state index contributed by atoms with van der Waals surface area (Å²) in [5.41, 5.74) is 14.5. The van der Waals surface area contributed by atoms with E-state index >= 15 is 0 Å². The first-order chi connectivity index (χ1) is 28.7. The highest BCUT2D eigenvalue weighted by Crippen LogP contribution is 2.44. The molecule has 0 aliphatic rings. The molecule has 0 saturated carbocycles. The molecule has 0 spiro atoms. The van der Waals surface area contributed by atoms with Gasteiger partial charge < -0.3 is 9.32 Å². The third-order valence-corrected chi connectivity index (χ3v) is 11.5. The van der Waals surface area contributed by atoms with Crippen LogP contribution in [-0.2, 0) is 0 Å². The SMILES string of the molecule is c1ccc(-c2cccc(N(c3ccc(-c4cccc(-c5cccc6ccccc56)c4)cc3)c3ccccc3-c3ccc4oc5c6ccccc6ccc5c4c3)c2)cc1. The summed E-state index contributed by atoms with van der Waals surface area (Å²) in [6.45, 7) is 0. The molecule has 0 radical (unpaired) electrons. The molecule has 11 aromatic rings. The summed E-state index contributed by atoms with van der Waals surface area (Å²) in [4.78, 5) is 2.39. The minimum Gasteiger partial charge on any atom is -0.455 e. The molecule has 11 rings (SSSR count). The zero-order valence-electron chi connectivity index (χ0n) is 31.7. The summed E-state index contributed by atoms with van der Waals surface area (Å²) >= 11 is 0. The van der Waals surface area contributed by atoms with Crippen LogP contribution in [0, 0.1) is 0 Å². The van der Waals surface area contributed by atoms with Crippen LogP contribution in [0.1, 0.15) is 0 Å². The fourth-order valence-electron chi connectivity index (χ4n) is 8.61. The van der Waals surface area contributed by atoms with Crippen LogP contribution < -0.4 is 4.90 Å². The standard InChI is InChI=1S/C56H37NO/c1-2-13-38(14-3-1)43-19-11-21-47(36-43)57(46-31-27-39(28-32-46)42-18-10-20-44(35-42)49-25-12-17-40-15-4-6-22-48(40)49)54-26-9-8-23-50(54)45-30-34-55-53(37-45)52-33-29-41-16-5-7-24-51(41)56(52)58-55/h1-37H. The van der Waals surface area contributed by atoms with Gasteiger partial charge in [0.1, 0.15) is 11.2 Å². The van der Waals surface area contributed by atoms with E-state index in [9.17, 15) is 0 Å². The van der Waals surface area contributed by atoms with Gasteiger partial charge in [-0.1, -0.05) is 170 Å². The van der Waals surface area contributed by atoms with E-state index in [1.807, 2.05) is 0 Å². The van der Waals surface area contributed by atoms with Crippen LogP contribution in [0.4, 0.5) is 17.1 Å². The van der Waals surface area contributed by atoms with Crippen molar-refractivity contribution in [3.05, 3.63) is 224 Å². The predicted molar refractivity (Wildman–Crippen MR) is 245 cm³/mol. The van der Waals surface area contributed by atoms with Gasteiger partial charge >= 0.3 is 0 Å². The van der Waals surface area contributed by atoms with E-state index in [0.29, 0.717) is 0 Å². The minimum atomic E-state index is 0.889. The largest absolute Gasteiger partial charge is 0.455 e. The number of benzene rings is 10. The molecule has 0 aliphatic carbocycles. The molecule has 0 aliphatic heterocycles. The molecule has 58 heavy (non-hydrogen) atoms. The van der Waals surface area contributed by atoms with Gasteiger partial charge in [0.2, 0.25) is 0 Å². The van der Waals surface area contributed by atoms with Gasteiger partial charge in [-0.15, -0.1) is 0 Å². The lowest BCUT2D eigenvalue weighted by Gasteiger charge is -2.28. The van der Waals surface area contributed by atoms with Gasteiger partial charge in [0.05, 0.1) is 5.69 Å². The van der Waals surface area contributed by atoms with E-state index in [4.69, 9.17) is 4.42 Å². The zero-order chi connectivity index (χ0) is 38.4. The van der Waals surface area contributed by atoms with Crippen molar-refractivity contribution in [1.29, 1.82) is 0 Å². The van der Waals surface area contributed by atoms with Crippen molar-refractivity contribution in [2.75, 3.05) is 4.90 Å². The quantitative estimate of drug-likeness (QED) is 0.162. The molecule has 0 N–H and O–H groups in total. The maximum absolute atomic E-state index is 6.52. The normalized spacial score (nSPS) is 11.4. The highest BCUT2D eigenvalue weighted by molar-refractivity contribution is 6.15. The lowest BCUT2D eigenvalue weighted by molar-refractivity contribution is 0.672. The Morgan fingerprint density at radius 1 is 0.293 bits per heavy atom. The summed E-state index contributed by atoms with van der Waals surface area (Å²) in [6, 6.07) is 80.7. The second-order valence-corrected chi connectivity index (χ2v) is 14.9. The molecule has 2 heteroatoms. The summed E-state index contributed by atoms with van der Waals surface area (Å²) in [6.07, 6.45) is 0. The molecule has 2 nitrogen and oxygen atoms in total. The predicted octanol–water partition coefficient (Wildman–Crippen LogP) is 16.0. The maximum Gasteiger partial charge on any atom is 0.143 e. The molecule has 0 fully saturated rings. The van der Waals surface area contributed by atoms with Gasteiger partial charge in [0.25, 0.3) is 0 Å². The van der Waals surface area contributed by atoms with Gasteiger partial charge in [0, 0.05) is 33.1 Å². The summed E-state index contributed by atoms with van der Waals surface area (Å²) in [7, 11) is 0. The van der Waals surface area contributed by atoms with Gasteiger partial charge in [0.15, 0.2) is 0 Å². The molecule has 0 atom stereocenters. The van der Waals surface area contributed by atoms with E-state index in [1.54, 1.807) is 0 Å². The van der Waals surface area contributed by atoms with Crippen molar-refractivity contribution >= 4 is 60.5 Å². The Bertz CT molecular complexity index is 3280. The number of anilines is 3. The van der Waals surface area contributed by atoms with Crippen molar-refractivity contribution in [3.8, 4) is 44.5 Å². The van der Waals surface area contributed by atoms with Crippen LogP contribution >= 0.6 is 0 Å². The summed E-state index contributed by atoms with van der Waals surface area (Å²) in [5.74, 6) is 0. The van der Waals surface area contributed by atoms with Crippen molar-refractivity contribution in [1.82, 2.24) is 0 Å². The van der Waals surface area contributed by atoms with E-state index in [-0.39, 0.29) is 0 Å². The number of nitrogens with zero attached hydrogens (tertiary/aromatic N) is 1. The monoisotopic (exact) mass is 739 g/mol. The van der Waals surface area contributed by atoms with E-state index in [2.05, 4.69) is 229 Å². The highest BCUT2D eigenvalue weighted by atomic mass is 16.3. The number of para-hydroxylation sites is 1. The Kier molecular flexibility index (Phi) is 8.19. The lowest BCUT2D eigenvalue weighted by Crippen LogP contribution is -2.11. The van der Waals surface area contributed by atoms with Gasteiger partial charge in [-0.2, -0.15) is 0 Å². The lowest BCUT2D eigenvalue weighted by atomic mass is 9.95. The number of fused-ring (bicyclic) bond motifs is 6. The Hall–Kier alpha value is -7.68. The molecule has 0 saturated heterocycles. The molecule has 0 unspecified atom stereocenters. The third-order valence-electron chi connectivity index (χ3n) is 11.5. The topological polar surface area (TPSA) is 16.4 Å². The molecular formula is C56H37NO. The number of furan rings is 1. The summed E-state index contributed by atoms with van der Waals surface area (Å²) < 4.78 is 6.52. The van der Waals surface area contributed by atoms with Crippen molar-refractivity contribution in [2.45, 2.75) is 0 Å². The smallest absolute Gasteiger partial charge is 0.143 e. The molecule has 1 heterocycles. The number of rotatable bonds is 7. The zero-order valence-corrected chi connectivity index (χ0v) is 31.7. The molecule has 10 aromatic carbocycles. The average molecular weight is 740 g/mol.